The zero-order chi connectivity index (χ0) is 19.6. The number of benzene rings is 2. The summed E-state index contributed by atoms with van der Waals surface area (Å²) < 4.78 is 0. The van der Waals surface area contributed by atoms with Gasteiger partial charge in [0, 0.05) is 13.1 Å². The van der Waals surface area contributed by atoms with E-state index >= 15 is 0 Å². The van der Waals surface area contributed by atoms with E-state index in [1.54, 1.807) is 24.0 Å². The van der Waals surface area contributed by atoms with Gasteiger partial charge in [-0.3, -0.25) is 9.59 Å². The predicted octanol–water partition coefficient (Wildman–Crippen LogP) is 3.52. The molecule has 1 N–H and O–H groups in total. The Bertz CT molecular complexity index is 722. The van der Waals surface area contributed by atoms with E-state index in [4.69, 9.17) is 0 Å². The molecule has 0 aliphatic rings. The molecule has 0 fully saturated rings. The summed E-state index contributed by atoms with van der Waals surface area (Å²) in [5, 5.41) is 2.88. The third kappa shape index (κ3) is 5.42. The Morgan fingerprint density at radius 3 is 1.78 bits per heavy atom. The molecule has 2 aromatic rings. The molecule has 140 valence electrons. The minimum absolute atomic E-state index is 0.164. The number of carbonyl (C=O) groups is 2. The van der Waals surface area contributed by atoms with E-state index in [9.17, 15) is 9.59 Å². The highest BCUT2D eigenvalue weighted by Crippen LogP contribution is 2.24. The fourth-order valence-corrected chi connectivity index (χ4v) is 2.98. The van der Waals surface area contributed by atoms with Gasteiger partial charge in [0.15, 0.2) is 0 Å². The van der Waals surface area contributed by atoms with E-state index in [2.05, 4.69) is 18.5 Å². The molecule has 0 aliphatic carbocycles. The molecule has 0 saturated carbocycles. The molecule has 0 aromatic heterocycles. The Morgan fingerprint density at radius 1 is 0.926 bits per heavy atom. The Labute approximate surface area is 161 Å². The topological polar surface area (TPSA) is 49.4 Å². The summed E-state index contributed by atoms with van der Waals surface area (Å²) in [7, 11) is 0. The van der Waals surface area contributed by atoms with Gasteiger partial charge in [-0.2, -0.15) is 0 Å². The average molecular weight is 362 g/mol. The molecule has 2 aromatic carbocycles. The number of hydrogen-bond donors (Lipinski definition) is 1. The third-order valence-electron chi connectivity index (χ3n) is 4.27. The molecule has 1 atom stereocenters. The lowest BCUT2D eigenvalue weighted by atomic mass is 9.90. The van der Waals surface area contributed by atoms with Crippen molar-refractivity contribution >= 4 is 11.8 Å². The quantitative estimate of drug-likeness (QED) is 0.694. The fraction of sp³-hybridized carbons (Fsp3) is 0.217. The second kappa shape index (κ2) is 10.1. The third-order valence-corrected chi connectivity index (χ3v) is 4.27. The first kappa shape index (κ1) is 20.2. The van der Waals surface area contributed by atoms with Crippen LogP contribution in [0.1, 0.15) is 24.0 Å². The lowest BCUT2D eigenvalue weighted by molar-refractivity contribution is -0.135. The van der Waals surface area contributed by atoms with Gasteiger partial charge in [-0.25, -0.2) is 0 Å². The highest BCUT2D eigenvalue weighted by Gasteiger charge is 2.27. The number of nitrogens with zero attached hydrogens (tertiary/aromatic N) is 1. The summed E-state index contributed by atoms with van der Waals surface area (Å²) in [5.74, 6) is -0.844. The van der Waals surface area contributed by atoms with Crippen LogP contribution in [0.2, 0.25) is 0 Å². The normalized spacial score (nSPS) is 11.5. The fourth-order valence-electron chi connectivity index (χ4n) is 2.98. The van der Waals surface area contributed by atoms with Gasteiger partial charge in [0.05, 0.1) is 5.92 Å². The molecule has 4 nitrogen and oxygen atoms in total. The maximum atomic E-state index is 13.1. The standard InChI is InChI=1S/C23H26N2O2/c1-4-16-25(17-5-2)23(27)18(3)24-22(26)21(19-12-8-6-9-13-19)20-14-10-7-11-15-20/h4-15,18,21H,1-2,16-17H2,3H3,(H,24,26). The zero-order valence-corrected chi connectivity index (χ0v) is 15.7. The van der Waals surface area contributed by atoms with Gasteiger partial charge >= 0.3 is 0 Å². The number of amides is 2. The van der Waals surface area contributed by atoms with Crippen LogP contribution in [0.3, 0.4) is 0 Å². The SMILES string of the molecule is C=CCN(CC=C)C(=O)C(C)NC(=O)C(c1ccccc1)c1ccccc1. The zero-order valence-electron chi connectivity index (χ0n) is 15.7. The largest absolute Gasteiger partial charge is 0.344 e. The van der Waals surface area contributed by atoms with Crippen molar-refractivity contribution in [1.29, 1.82) is 0 Å². The van der Waals surface area contributed by atoms with Gasteiger partial charge in [-0.1, -0.05) is 72.8 Å². The summed E-state index contributed by atoms with van der Waals surface area (Å²) >= 11 is 0. The van der Waals surface area contributed by atoms with Crippen LogP contribution in [-0.4, -0.2) is 35.8 Å². The lowest BCUT2D eigenvalue weighted by Gasteiger charge is -2.26. The molecule has 2 amide bonds. The van der Waals surface area contributed by atoms with E-state index < -0.39 is 12.0 Å². The molecular weight excluding hydrogens is 336 g/mol. The van der Waals surface area contributed by atoms with Crippen LogP contribution in [0.15, 0.2) is 86.0 Å². The van der Waals surface area contributed by atoms with Crippen molar-refractivity contribution in [3.05, 3.63) is 97.1 Å². The molecule has 0 spiro atoms. The minimum atomic E-state index is -0.646. The first-order chi connectivity index (χ1) is 13.1. The van der Waals surface area contributed by atoms with Crippen molar-refractivity contribution in [2.24, 2.45) is 0 Å². The minimum Gasteiger partial charge on any atom is -0.344 e. The molecular formula is C23H26N2O2. The van der Waals surface area contributed by atoms with Crippen LogP contribution in [0.4, 0.5) is 0 Å². The second-order valence-corrected chi connectivity index (χ2v) is 6.31. The highest BCUT2D eigenvalue weighted by molar-refractivity contribution is 5.92. The first-order valence-corrected chi connectivity index (χ1v) is 8.99. The van der Waals surface area contributed by atoms with Crippen LogP contribution in [-0.2, 0) is 9.59 Å². The van der Waals surface area contributed by atoms with E-state index in [-0.39, 0.29) is 11.8 Å². The van der Waals surface area contributed by atoms with Crippen LogP contribution >= 0.6 is 0 Å². The summed E-state index contributed by atoms with van der Waals surface area (Å²) in [5.41, 5.74) is 1.77. The molecule has 0 radical (unpaired) electrons. The highest BCUT2D eigenvalue weighted by atomic mass is 16.2. The van der Waals surface area contributed by atoms with Gasteiger partial charge < -0.3 is 10.2 Å². The molecule has 27 heavy (non-hydrogen) atoms. The van der Waals surface area contributed by atoms with Gasteiger partial charge in [-0.15, -0.1) is 13.2 Å². The monoisotopic (exact) mass is 362 g/mol. The van der Waals surface area contributed by atoms with Crippen molar-refractivity contribution < 1.29 is 9.59 Å². The number of rotatable bonds is 9. The smallest absolute Gasteiger partial charge is 0.245 e. The van der Waals surface area contributed by atoms with Gasteiger partial charge in [0.1, 0.15) is 6.04 Å². The maximum Gasteiger partial charge on any atom is 0.245 e. The van der Waals surface area contributed by atoms with Crippen molar-refractivity contribution in [2.75, 3.05) is 13.1 Å². The molecule has 0 bridgehead atoms. The Kier molecular flexibility index (Phi) is 7.56. The Balaban J connectivity index is 2.22. The van der Waals surface area contributed by atoms with Crippen LogP contribution in [0, 0.1) is 0 Å². The maximum absolute atomic E-state index is 13.1. The van der Waals surface area contributed by atoms with Crippen LogP contribution in [0.25, 0.3) is 0 Å². The van der Waals surface area contributed by atoms with Gasteiger partial charge in [0.25, 0.3) is 0 Å². The predicted molar refractivity (Wildman–Crippen MR) is 109 cm³/mol. The van der Waals surface area contributed by atoms with Crippen LogP contribution in [0.5, 0.6) is 0 Å². The lowest BCUT2D eigenvalue weighted by Crippen LogP contribution is -2.48. The Morgan fingerprint density at radius 2 is 1.37 bits per heavy atom. The van der Waals surface area contributed by atoms with E-state index in [1.165, 1.54) is 0 Å². The van der Waals surface area contributed by atoms with Gasteiger partial charge in [-0.05, 0) is 18.1 Å². The first-order valence-electron chi connectivity index (χ1n) is 8.99. The number of carbonyl (C=O) groups excluding carboxylic acids is 2. The van der Waals surface area contributed by atoms with Crippen molar-refractivity contribution in [1.82, 2.24) is 10.2 Å². The second-order valence-electron chi connectivity index (χ2n) is 6.31. The van der Waals surface area contributed by atoms with E-state index in [0.29, 0.717) is 13.1 Å². The average Bonchev–Trinajstić information content (AvgIpc) is 2.69. The molecule has 4 heteroatoms. The molecule has 0 saturated heterocycles. The summed E-state index contributed by atoms with van der Waals surface area (Å²) in [6, 6.07) is 18.5. The Hall–Kier alpha value is -3.14. The number of hydrogen-bond acceptors (Lipinski definition) is 2. The summed E-state index contributed by atoms with van der Waals surface area (Å²) in [6.45, 7) is 9.87. The van der Waals surface area contributed by atoms with E-state index in [1.807, 2.05) is 60.7 Å². The van der Waals surface area contributed by atoms with Gasteiger partial charge in [0.2, 0.25) is 11.8 Å². The van der Waals surface area contributed by atoms with Crippen molar-refractivity contribution in [3.63, 3.8) is 0 Å². The summed E-state index contributed by atoms with van der Waals surface area (Å²) in [6.07, 6.45) is 3.32. The van der Waals surface area contributed by atoms with Crippen molar-refractivity contribution in [2.45, 2.75) is 18.9 Å². The molecule has 0 heterocycles. The van der Waals surface area contributed by atoms with E-state index in [0.717, 1.165) is 11.1 Å². The molecule has 1 unspecified atom stereocenters. The number of nitrogens with one attached hydrogen (secondary N) is 1. The van der Waals surface area contributed by atoms with Crippen LogP contribution < -0.4 is 5.32 Å². The summed E-state index contributed by atoms with van der Waals surface area (Å²) in [4.78, 5) is 27.3. The van der Waals surface area contributed by atoms with Crippen molar-refractivity contribution in [3.8, 4) is 0 Å². The molecule has 2 rings (SSSR count). The molecule has 0 aliphatic heterocycles.